The third kappa shape index (κ3) is 5.33. The van der Waals surface area contributed by atoms with Crippen molar-refractivity contribution in [3.05, 3.63) is 75.9 Å². The number of halogens is 1. The van der Waals surface area contributed by atoms with Crippen molar-refractivity contribution in [3.63, 3.8) is 0 Å². The second-order valence-corrected chi connectivity index (χ2v) is 5.82. The first-order valence-electron chi connectivity index (χ1n) is 7.33. The van der Waals surface area contributed by atoms with Gasteiger partial charge in [0.05, 0.1) is 6.61 Å². The van der Waals surface area contributed by atoms with Crippen LogP contribution in [0.2, 0.25) is 0 Å². The fourth-order valence-electron chi connectivity index (χ4n) is 1.93. The molecule has 0 radical (unpaired) electrons. The van der Waals surface area contributed by atoms with E-state index in [2.05, 4.69) is 26.6 Å². The zero-order valence-corrected chi connectivity index (χ0v) is 14.4. The fraction of sp³-hybridized carbons (Fsp3) is 0.111. The molecule has 0 spiro atoms. The predicted molar refractivity (Wildman–Crippen MR) is 96.1 cm³/mol. The molecule has 0 aromatic heterocycles. The first kappa shape index (κ1) is 17.9. The molecule has 3 N–H and O–H groups in total. The first-order valence-corrected chi connectivity index (χ1v) is 8.12. The third-order valence-electron chi connectivity index (χ3n) is 3.11. The van der Waals surface area contributed by atoms with Gasteiger partial charge in [-0.25, -0.2) is 0 Å². The number of carbonyl (C=O) groups is 2. The molecule has 5 nitrogen and oxygen atoms in total. The van der Waals surface area contributed by atoms with E-state index in [1.54, 1.807) is 30.3 Å². The van der Waals surface area contributed by atoms with Gasteiger partial charge in [-0.2, -0.15) is 0 Å². The number of benzene rings is 2. The Hall–Kier alpha value is -2.44. The Morgan fingerprint density at radius 1 is 1.04 bits per heavy atom. The molecule has 0 fully saturated rings. The lowest BCUT2D eigenvalue weighted by Gasteiger charge is -2.10. The summed E-state index contributed by atoms with van der Waals surface area (Å²) in [5.74, 6) is -0.845. The quantitative estimate of drug-likeness (QED) is 0.664. The molecular formula is C18H17BrN2O3. The van der Waals surface area contributed by atoms with Crippen LogP contribution in [0.4, 0.5) is 0 Å². The lowest BCUT2D eigenvalue weighted by Crippen LogP contribution is -2.36. The summed E-state index contributed by atoms with van der Waals surface area (Å²) in [6.45, 7) is -0.0653. The van der Waals surface area contributed by atoms with E-state index < -0.39 is 5.91 Å². The molecule has 6 heteroatoms. The van der Waals surface area contributed by atoms with Crippen LogP contribution in [0.1, 0.15) is 15.9 Å². The van der Waals surface area contributed by atoms with E-state index in [-0.39, 0.29) is 24.8 Å². The second kappa shape index (κ2) is 9.00. The maximum absolute atomic E-state index is 12.3. The maximum Gasteiger partial charge on any atom is 0.267 e. The molecule has 0 aliphatic heterocycles. The van der Waals surface area contributed by atoms with Crippen molar-refractivity contribution >= 4 is 33.8 Å². The summed E-state index contributed by atoms with van der Waals surface area (Å²) in [6, 6.07) is 16.0. The van der Waals surface area contributed by atoms with E-state index in [1.807, 2.05) is 30.3 Å². The highest BCUT2D eigenvalue weighted by Crippen LogP contribution is 2.11. The molecule has 0 aliphatic carbocycles. The van der Waals surface area contributed by atoms with Gasteiger partial charge < -0.3 is 15.7 Å². The highest BCUT2D eigenvalue weighted by molar-refractivity contribution is 9.10. The van der Waals surface area contributed by atoms with Crippen molar-refractivity contribution < 1.29 is 14.7 Å². The third-order valence-corrected chi connectivity index (χ3v) is 3.64. The summed E-state index contributed by atoms with van der Waals surface area (Å²) in [5.41, 5.74) is 1.33. The highest BCUT2D eigenvalue weighted by Gasteiger charge is 2.14. The number of hydrogen-bond donors (Lipinski definition) is 3. The Bertz CT molecular complexity index is 728. The van der Waals surface area contributed by atoms with Gasteiger partial charge >= 0.3 is 0 Å². The molecule has 0 bridgehead atoms. The summed E-state index contributed by atoms with van der Waals surface area (Å²) < 4.78 is 0.861. The molecule has 124 valence electrons. The molecule has 0 saturated heterocycles. The molecule has 2 rings (SSSR count). The zero-order valence-electron chi connectivity index (χ0n) is 12.8. The lowest BCUT2D eigenvalue weighted by atomic mass is 10.1. The number of amides is 2. The molecule has 2 amide bonds. The van der Waals surface area contributed by atoms with E-state index >= 15 is 0 Å². The van der Waals surface area contributed by atoms with E-state index in [1.165, 1.54) is 0 Å². The topological polar surface area (TPSA) is 78.4 Å². The SMILES string of the molecule is O=C(NCCO)/C(=C/c1ccccc1)NC(=O)c1ccc(Br)cc1. The fourth-order valence-corrected chi connectivity index (χ4v) is 2.20. The summed E-state index contributed by atoms with van der Waals surface area (Å²) in [4.78, 5) is 24.6. The Morgan fingerprint density at radius 3 is 2.33 bits per heavy atom. The molecule has 0 unspecified atom stereocenters. The van der Waals surface area contributed by atoms with Gasteiger partial charge in [0.15, 0.2) is 0 Å². The van der Waals surface area contributed by atoms with Crippen LogP contribution in [0.25, 0.3) is 6.08 Å². The number of nitrogens with one attached hydrogen (secondary N) is 2. The van der Waals surface area contributed by atoms with Gasteiger partial charge in [0.2, 0.25) is 0 Å². The van der Waals surface area contributed by atoms with Crippen LogP contribution in [0.5, 0.6) is 0 Å². The molecular weight excluding hydrogens is 372 g/mol. The molecule has 24 heavy (non-hydrogen) atoms. The summed E-state index contributed by atoms with van der Waals surface area (Å²) >= 11 is 3.31. The van der Waals surface area contributed by atoms with Crippen LogP contribution in [-0.2, 0) is 4.79 Å². The summed E-state index contributed by atoms with van der Waals surface area (Å²) in [7, 11) is 0. The number of hydrogen-bond acceptors (Lipinski definition) is 3. The minimum atomic E-state index is -0.460. The van der Waals surface area contributed by atoms with Crippen LogP contribution < -0.4 is 10.6 Å². The van der Waals surface area contributed by atoms with Crippen LogP contribution >= 0.6 is 15.9 Å². The van der Waals surface area contributed by atoms with Gasteiger partial charge in [-0.1, -0.05) is 46.3 Å². The predicted octanol–water partition coefficient (Wildman–Crippen LogP) is 2.33. The first-order chi connectivity index (χ1) is 11.6. The highest BCUT2D eigenvalue weighted by atomic mass is 79.9. The second-order valence-electron chi connectivity index (χ2n) is 4.91. The lowest BCUT2D eigenvalue weighted by molar-refractivity contribution is -0.117. The normalized spacial score (nSPS) is 11.0. The van der Waals surface area contributed by atoms with E-state index in [0.717, 1.165) is 10.0 Å². The Labute approximate surface area is 148 Å². The Balaban J connectivity index is 2.22. The van der Waals surface area contributed by atoms with Crippen molar-refractivity contribution in [2.75, 3.05) is 13.2 Å². The van der Waals surface area contributed by atoms with Crippen molar-refractivity contribution in [1.29, 1.82) is 0 Å². The number of aliphatic hydroxyl groups is 1. The molecule has 0 heterocycles. The Kier molecular flexibility index (Phi) is 6.72. The zero-order chi connectivity index (χ0) is 17.4. The monoisotopic (exact) mass is 388 g/mol. The molecule has 2 aromatic carbocycles. The average Bonchev–Trinajstić information content (AvgIpc) is 2.60. The van der Waals surface area contributed by atoms with Gasteiger partial charge in [0, 0.05) is 16.6 Å². The number of carbonyl (C=O) groups excluding carboxylic acids is 2. The Morgan fingerprint density at radius 2 is 1.71 bits per heavy atom. The molecule has 2 aromatic rings. The number of rotatable bonds is 6. The van der Waals surface area contributed by atoms with Gasteiger partial charge in [-0.05, 0) is 35.9 Å². The van der Waals surface area contributed by atoms with Crippen molar-refractivity contribution in [2.24, 2.45) is 0 Å². The van der Waals surface area contributed by atoms with Gasteiger partial charge in [0.1, 0.15) is 5.70 Å². The minimum Gasteiger partial charge on any atom is -0.395 e. The smallest absolute Gasteiger partial charge is 0.267 e. The molecule has 0 saturated carbocycles. The van der Waals surface area contributed by atoms with Crippen LogP contribution in [-0.4, -0.2) is 30.1 Å². The van der Waals surface area contributed by atoms with Crippen LogP contribution in [0.3, 0.4) is 0 Å². The summed E-state index contributed by atoms with van der Waals surface area (Å²) in [5, 5.41) is 14.0. The van der Waals surface area contributed by atoms with E-state index in [4.69, 9.17) is 5.11 Å². The van der Waals surface area contributed by atoms with Crippen molar-refractivity contribution in [1.82, 2.24) is 10.6 Å². The summed E-state index contributed by atoms with van der Waals surface area (Å²) in [6.07, 6.45) is 1.59. The largest absolute Gasteiger partial charge is 0.395 e. The molecule has 0 atom stereocenters. The van der Waals surface area contributed by atoms with Gasteiger partial charge in [-0.15, -0.1) is 0 Å². The van der Waals surface area contributed by atoms with Crippen molar-refractivity contribution in [2.45, 2.75) is 0 Å². The van der Waals surface area contributed by atoms with E-state index in [0.29, 0.717) is 5.56 Å². The standard InChI is InChI=1S/C18H17BrN2O3/c19-15-8-6-14(7-9-15)17(23)21-16(18(24)20-10-11-22)12-13-4-2-1-3-5-13/h1-9,12,22H,10-11H2,(H,20,24)(H,21,23)/b16-12-. The molecule has 0 aliphatic rings. The van der Waals surface area contributed by atoms with Gasteiger partial charge in [0.25, 0.3) is 11.8 Å². The van der Waals surface area contributed by atoms with Crippen LogP contribution in [0, 0.1) is 0 Å². The average molecular weight is 389 g/mol. The minimum absolute atomic E-state index is 0.110. The maximum atomic E-state index is 12.3. The van der Waals surface area contributed by atoms with Gasteiger partial charge in [-0.3, -0.25) is 9.59 Å². The van der Waals surface area contributed by atoms with Crippen LogP contribution in [0.15, 0.2) is 64.8 Å². The number of aliphatic hydroxyl groups excluding tert-OH is 1. The van der Waals surface area contributed by atoms with E-state index in [9.17, 15) is 9.59 Å². The van der Waals surface area contributed by atoms with Crippen molar-refractivity contribution in [3.8, 4) is 0 Å².